The van der Waals surface area contributed by atoms with Crippen LogP contribution in [0.5, 0.6) is 0 Å². The molecule has 0 amide bonds. The first-order valence-corrected chi connectivity index (χ1v) is 6.99. The molecular weight excluding hydrogens is 228 g/mol. The van der Waals surface area contributed by atoms with E-state index >= 15 is 0 Å². The Balaban J connectivity index is 2.49. The maximum Gasteiger partial charge on any atom is 0.0855 e. The van der Waals surface area contributed by atoms with Gasteiger partial charge in [-0.3, -0.25) is 0 Å². The van der Waals surface area contributed by atoms with Gasteiger partial charge in [-0.1, -0.05) is 19.9 Å². The molecule has 2 aliphatic carbocycles. The zero-order valence-electron chi connectivity index (χ0n) is 11.9. The molecule has 0 aliphatic heterocycles. The minimum Gasteiger partial charge on any atom is -0.390 e. The quantitative estimate of drug-likeness (QED) is 0.627. The van der Waals surface area contributed by atoms with Gasteiger partial charge in [0.1, 0.15) is 0 Å². The fraction of sp³-hybridized carbons (Fsp3) is 0.867. The molecule has 18 heavy (non-hydrogen) atoms. The number of hydrogen-bond donors (Lipinski definition) is 3. The van der Waals surface area contributed by atoms with Crippen molar-refractivity contribution in [1.29, 1.82) is 0 Å². The Labute approximate surface area is 110 Å². The summed E-state index contributed by atoms with van der Waals surface area (Å²) in [7, 11) is 0. The summed E-state index contributed by atoms with van der Waals surface area (Å²) in [6.45, 7) is 7.59. The fourth-order valence-corrected chi connectivity index (χ4v) is 3.43. The highest BCUT2D eigenvalue weighted by Crippen LogP contribution is 2.50. The molecule has 2 rings (SSSR count). The molecule has 3 nitrogen and oxygen atoms in total. The van der Waals surface area contributed by atoms with Crippen LogP contribution in [0.2, 0.25) is 0 Å². The molecule has 104 valence electrons. The summed E-state index contributed by atoms with van der Waals surface area (Å²) in [4.78, 5) is 0. The Bertz CT molecular complexity index is 368. The van der Waals surface area contributed by atoms with Gasteiger partial charge in [0.15, 0.2) is 0 Å². The SMILES string of the molecule is CC(C)[C@]1(O)C=C2[C@@H](CC[C@@]2(C)O)[C@](C)(O)CC1. The molecule has 0 spiro atoms. The molecule has 0 radical (unpaired) electrons. The summed E-state index contributed by atoms with van der Waals surface area (Å²) in [5.41, 5.74) is -1.79. The Kier molecular flexibility index (Phi) is 3.16. The predicted octanol–water partition coefficient (Wildman–Crippen LogP) is 2.01. The van der Waals surface area contributed by atoms with E-state index in [1.165, 1.54) is 0 Å². The molecule has 3 heteroatoms. The number of hydrogen-bond acceptors (Lipinski definition) is 3. The molecular formula is C15H26O3. The van der Waals surface area contributed by atoms with Crippen LogP contribution in [-0.4, -0.2) is 32.1 Å². The van der Waals surface area contributed by atoms with Gasteiger partial charge in [-0.15, -0.1) is 0 Å². The Morgan fingerprint density at radius 2 is 1.72 bits per heavy atom. The van der Waals surface area contributed by atoms with Crippen molar-refractivity contribution in [2.75, 3.05) is 0 Å². The zero-order chi connectivity index (χ0) is 13.8. The Morgan fingerprint density at radius 1 is 1.11 bits per heavy atom. The van der Waals surface area contributed by atoms with E-state index in [9.17, 15) is 15.3 Å². The lowest BCUT2D eigenvalue weighted by Gasteiger charge is -2.31. The number of aliphatic hydroxyl groups is 3. The third kappa shape index (κ3) is 2.13. The van der Waals surface area contributed by atoms with Crippen molar-refractivity contribution in [1.82, 2.24) is 0 Å². The van der Waals surface area contributed by atoms with Crippen molar-refractivity contribution in [2.24, 2.45) is 11.8 Å². The van der Waals surface area contributed by atoms with Crippen molar-refractivity contribution >= 4 is 0 Å². The van der Waals surface area contributed by atoms with E-state index in [2.05, 4.69) is 0 Å². The summed E-state index contributed by atoms with van der Waals surface area (Å²) in [5.74, 6) is 0.0521. The van der Waals surface area contributed by atoms with E-state index in [-0.39, 0.29) is 11.8 Å². The van der Waals surface area contributed by atoms with Crippen LogP contribution < -0.4 is 0 Å². The van der Waals surface area contributed by atoms with Crippen LogP contribution in [0.4, 0.5) is 0 Å². The summed E-state index contributed by atoms with van der Waals surface area (Å²) in [6.07, 6.45) is 4.42. The van der Waals surface area contributed by atoms with Gasteiger partial charge in [0, 0.05) is 5.92 Å². The first-order valence-electron chi connectivity index (χ1n) is 6.99. The molecule has 3 N–H and O–H groups in total. The van der Waals surface area contributed by atoms with Gasteiger partial charge < -0.3 is 15.3 Å². The largest absolute Gasteiger partial charge is 0.390 e. The Morgan fingerprint density at radius 3 is 2.28 bits per heavy atom. The highest BCUT2D eigenvalue weighted by atomic mass is 16.3. The van der Waals surface area contributed by atoms with E-state index in [0.29, 0.717) is 19.3 Å². The fourth-order valence-electron chi connectivity index (χ4n) is 3.43. The maximum absolute atomic E-state index is 10.7. The van der Waals surface area contributed by atoms with E-state index in [1.54, 1.807) is 6.92 Å². The smallest absolute Gasteiger partial charge is 0.0855 e. The van der Waals surface area contributed by atoms with Crippen LogP contribution in [0.3, 0.4) is 0 Å². The van der Waals surface area contributed by atoms with Gasteiger partial charge in [0.05, 0.1) is 16.8 Å². The highest BCUT2D eigenvalue weighted by molar-refractivity contribution is 5.31. The zero-order valence-corrected chi connectivity index (χ0v) is 11.9. The molecule has 0 bridgehead atoms. The van der Waals surface area contributed by atoms with E-state index in [0.717, 1.165) is 12.0 Å². The van der Waals surface area contributed by atoms with Crippen molar-refractivity contribution in [3.63, 3.8) is 0 Å². The lowest BCUT2D eigenvalue weighted by atomic mass is 9.81. The van der Waals surface area contributed by atoms with Crippen molar-refractivity contribution in [2.45, 2.75) is 70.2 Å². The van der Waals surface area contributed by atoms with Crippen LogP contribution in [0, 0.1) is 11.8 Å². The molecule has 0 aromatic rings. The van der Waals surface area contributed by atoms with Crippen LogP contribution in [0.25, 0.3) is 0 Å². The monoisotopic (exact) mass is 254 g/mol. The number of rotatable bonds is 1. The average molecular weight is 254 g/mol. The van der Waals surface area contributed by atoms with Gasteiger partial charge >= 0.3 is 0 Å². The lowest BCUT2D eigenvalue weighted by molar-refractivity contribution is -0.0211. The van der Waals surface area contributed by atoms with Crippen LogP contribution >= 0.6 is 0 Å². The Hall–Kier alpha value is -0.380. The molecule has 0 aromatic carbocycles. The van der Waals surface area contributed by atoms with Crippen LogP contribution in [-0.2, 0) is 0 Å². The molecule has 1 fully saturated rings. The van der Waals surface area contributed by atoms with Crippen LogP contribution in [0.15, 0.2) is 11.6 Å². The van der Waals surface area contributed by atoms with Crippen LogP contribution in [0.1, 0.15) is 53.4 Å². The molecule has 2 aliphatic rings. The summed E-state index contributed by atoms with van der Waals surface area (Å²) in [5, 5.41) is 31.8. The third-order valence-electron chi connectivity index (χ3n) is 5.10. The summed E-state index contributed by atoms with van der Waals surface area (Å²) >= 11 is 0. The second-order valence-corrected chi connectivity index (χ2v) is 6.97. The second kappa shape index (κ2) is 4.06. The molecule has 4 atom stereocenters. The molecule has 0 unspecified atom stereocenters. The first-order chi connectivity index (χ1) is 8.08. The standard InChI is InChI=1S/C15H26O3/c1-10(2)15(18)8-7-14(4,17)11-5-6-13(3,16)12(11)9-15/h9-11,16-18H,5-8H2,1-4H3/t11-,13-,14-,15-/m1/s1. The molecule has 1 saturated carbocycles. The molecule has 0 saturated heterocycles. The summed E-state index contributed by atoms with van der Waals surface area (Å²) in [6, 6.07) is 0. The van der Waals surface area contributed by atoms with E-state index in [4.69, 9.17) is 0 Å². The predicted molar refractivity (Wildman–Crippen MR) is 71.1 cm³/mol. The molecule has 0 aromatic heterocycles. The van der Waals surface area contributed by atoms with Gasteiger partial charge in [0.2, 0.25) is 0 Å². The average Bonchev–Trinajstić information content (AvgIpc) is 2.46. The van der Waals surface area contributed by atoms with Gasteiger partial charge in [0.25, 0.3) is 0 Å². The van der Waals surface area contributed by atoms with Crippen molar-refractivity contribution < 1.29 is 15.3 Å². The van der Waals surface area contributed by atoms with E-state index < -0.39 is 16.8 Å². The highest BCUT2D eigenvalue weighted by Gasteiger charge is 2.50. The number of fused-ring (bicyclic) bond motifs is 1. The second-order valence-electron chi connectivity index (χ2n) is 6.97. The lowest BCUT2D eigenvalue weighted by Crippen LogP contribution is -2.36. The maximum atomic E-state index is 10.7. The van der Waals surface area contributed by atoms with Gasteiger partial charge in [-0.2, -0.15) is 0 Å². The third-order valence-corrected chi connectivity index (χ3v) is 5.10. The van der Waals surface area contributed by atoms with Crippen molar-refractivity contribution in [3.05, 3.63) is 11.6 Å². The topological polar surface area (TPSA) is 60.7 Å². The van der Waals surface area contributed by atoms with Gasteiger partial charge in [-0.05, 0) is 51.0 Å². The minimum absolute atomic E-state index is 0.0275. The minimum atomic E-state index is -0.914. The van der Waals surface area contributed by atoms with Crippen molar-refractivity contribution in [3.8, 4) is 0 Å². The van der Waals surface area contributed by atoms with E-state index in [1.807, 2.05) is 26.8 Å². The first kappa shape index (κ1) is 14.0. The summed E-state index contributed by atoms with van der Waals surface area (Å²) < 4.78 is 0. The van der Waals surface area contributed by atoms with Gasteiger partial charge in [-0.25, -0.2) is 0 Å². The normalized spacial score (nSPS) is 48.9. The molecule has 0 heterocycles.